The largest absolute Gasteiger partial charge is 0.383 e. The van der Waals surface area contributed by atoms with Crippen LogP contribution < -0.4 is 10.6 Å². The number of hydrogen-bond acceptors (Lipinski definition) is 3. The molecule has 1 aliphatic carbocycles. The molecule has 0 radical (unpaired) electrons. The normalized spacial score (nSPS) is 16.4. The van der Waals surface area contributed by atoms with E-state index in [0.717, 1.165) is 0 Å². The van der Waals surface area contributed by atoms with E-state index in [1.807, 2.05) is 0 Å². The molecule has 0 atom stereocenters. The average Bonchev–Trinajstić information content (AvgIpc) is 2.46. The van der Waals surface area contributed by atoms with Gasteiger partial charge in [-0.05, 0) is 50.8 Å². The molecule has 0 heterocycles. The second-order valence-electron chi connectivity index (χ2n) is 5.80. The van der Waals surface area contributed by atoms with Gasteiger partial charge in [0.1, 0.15) is 5.60 Å². The minimum absolute atomic E-state index is 0.106. The Morgan fingerprint density at radius 1 is 1.35 bits per heavy atom. The Labute approximate surface area is 133 Å². The second-order valence-corrected chi connectivity index (χ2v) is 5.80. The Morgan fingerprint density at radius 3 is 2.52 bits per heavy atom. The first-order chi connectivity index (χ1) is 10.7. The molecule has 7 heteroatoms. The van der Waals surface area contributed by atoms with Gasteiger partial charge in [-0.25, -0.2) is 0 Å². The zero-order chi connectivity index (χ0) is 17.3. The van der Waals surface area contributed by atoms with Crippen molar-refractivity contribution in [2.75, 3.05) is 11.9 Å². The number of aryl methyl sites for hydroxylation is 1. The summed E-state index contributed by atoms with van der Waals surface area (Å²) in [6.07, 6.45) is 0.252. The molecule has 1 aromatic rings. The van der Waals surface area contributed by atoms with Crippen LogP contribution >= 0.6 is 0 Å². The molecule has 1 fully saturated rings. The van der Waals surface area contributed by atoms with Crippen molar-refractivity contribution in [3.63, 3.8) is 0 Å². The smallest absolute Gasteiger partial charge is 0.352 e. The SMILES string of the molecule is CCNC(=O)c1ccc(C)c(NC(=O)C(F)(F)C2(O)CCC2)c1. The van der Waals surface area contributed by atoms with E-state index in [1.165, 1.54) is 6.07 Å². The molecule has 0 aromatic heterocycles. The zero-order valence-electron chi connectivity index (χ0n) is 13.1. The molecule has 0 aliphatic heterocycles. The first-order valence-corrected chi connectivity index (χ1v) is 7.52. The third-order valence-corrected chi connectivity index (χ3v) is 4.14. The average molecular weight is 326 g/mol. The number of anilines is 1. The van der Waals surface area contributed by atoms with Crippen LogP contribution in [0.5, 0.6) is 0 Å². The topological polar surface area (TPSA) is 78.4 Å². The Bertz CT molecular complexity index is 628. The standard InChI is InChI=1S/C16H20F2N2O3/c1-3-19-13(21)11-6-5-10(2)12(9-11)20-14(22)16(17,18)15(23)7-4-8-15/h5-6,9,23H,3-4,7-8H2,1-2H3,(H,19,21)(H,20,22). The van der Waals surface area contributed by atoms with Crippen LogP contribution in [0.15, 0.2) is 18.2 Å². The van der Waals surface area contributed by atoms with Crippen molar-refractivity contribution in [3.8, 4) is 0 Å². The molecule has 2 rings (SSSR count). The van der Waals surface area contributed by atoms with Gasteiger partial charge in [0.25, 0.3) is 11.8 Å². The van der Waals surface area contributed by atoms with Crippen molar-refractivity contribution in [2.45, 2.75) is 44.6 Å². The van der Waals surface area contributed by atoms with Gasteiger partial charge in [0.15, 0.2) is 0 Å². The molecule has 0 spiro atoms. The highest BCUT2D eigenvalue weighted by molar-refractivity contribution is 6.00. The maximum absolute atomic E-state index is 14.1. The van der Waals surface area contributed by atoms with Crippen LogP contribution in [0.1, 0.15) is 42.1 Å². The van der Waals surface area contributed by atoms with Crippen molar-refractivity contribution < 1.29 is 23.5 Å². The third-order valence-electron chi connectivity index (χ3n) is 4.14. The van der Waals surface area contributed by atoms with Crippen LogP contribution in [-0.4, -0.2) is 35.0 Å². The van der Waals surface area contributed by atoms with Crippen molar-refractivity contribution in [1.82, 2.24) is 5.32 Å². The number of rotatable bonds is 5. The highest BCUT2D eigenvalue weighted by Gasteiger charge is 2.61. The van der Waals surface area contributed by atoms with Crippen molar-refractivity contribution >= 4 is 17.5 Å². The summed E-state index contributed by atoms with van der Waals surface area (Å²) in [7, 11) is 0. The van der Waals surface area contributed by atoms with Gasteiger partial charge in [-0.1, -0.05) is 6.07 Å². The minimum Gasteiger partial charge on any atom is -0.383 e. The zero-order valence-corrected chi connectivity index (χ0v) is 13.1. The van der Waals surface area contributed by atoms with Gasteiger partial charge in [0.05, 0.1) is 0 Å². The number of alkyl halides is 2. The van der Waals surface area contributed by atoms with Crippen LogP contribution in [-0.2, 0) is 4.79 Å². The summed E-state index contributed by atoms with van der Waals surface area (Å²) in [4.78, 5) is 23.7. The maximum atomic E-state index is 14.1. The fourth-order valence-electron chi connectivity index (χ4n) is 2.40. The summed E-state index contributed by atoms with van der Waals surface area (Å²) >= 11 is 0. The number of halogens is 2. The Morgan fingerprint density at radius 2 is 2.00 bits per heavy atom. The first kappa shape index (κ1) is 17.3. The predicted octanol–water partition coefficient (Wildman–Crippen LogP) is 2.23. The lowest BCUT2D eigenvalue weighted by molar-refractivity contribution is -0.212. The number of carbonyl (C=O) groups is 2. The lowest BCUT2D eigenvalue weighted by Gasteiger charge is -2.41. The van der Waals surface area contributed by atoms with Gasteiger partial charge in [-0.2, -0.15) is 8.78 Å². The highest BCUT2D eigenvalue weighted by Crippen LogP contribution is 2.44. The summed E-state index contributed by atoms with van der Waals surface area (Å²) < 4.78 is 28.2. The van der Waals surface area contributed by atoms with Crippen LogP contribution in [0.2, 0.25) is 0 Å². The Hall–Kier alpha value is -2.02. The van der Waals surface area contributed by atoms with E-state index < -0.39 is 17.4 Å². The number of carbonyl (C=O) groups excluding carboxylic acids is 2. The molecule has 126 valence electrons. The summed E-state index contributed by atoms with van der Waals surface area (Å²) in [6, 6.07) is 4.46. The summed E-state index contributed by atoms with van der Waals surface area (Å²) in [5, 5.41) is 14.5. The van der Waals surface area contributed by atoms with Gasteiger partial charge in [-0.15, -0.1) is 0 Å². The molecule has 23 heavy (non-hydrogen) atoms. The second kappa shape index (κ2) is 6.23. The van der Waals surface area contributed by atoms with E-state index in [4.69, 9.17) is 0 Å². The van der Waals surface area contributed by atoms with Gasteiger partial charge in [0.2, 0.25) is 0 Å². The maximum Gasteiger partial charge on any atom is 0.352 e. The van der Waals surface area contributed by atoms with E-state index in [-0.39, 0.29) is 30.0 Å². The number of benzene rings is 1. The quantitative estimate of drug-likeness (QED) is 0.776. The molecule has 1 aromatic carbocycles. The summed E-state index contributed by atoms with van der Waals surface area (Å²) in [5.74, 6) is -5.79. The van der Waals surface area contributed by atoms with E-state index in [2.05, 4.69) is 10.6 Å². The lowest BCUT2D eigenvalue weighted by Crippen LogP contribution is -2.59. The summed E-state index contributed by atoms with van der Waals surface area (Å²) in [6.45, 7) is 3.82. The molecule has 1 saturated carbocycles. The number of hydrogen-bond donors (Lipinski definition) is 3. The predicted molar refractivity (Wildman–Crippen MR) is 81.6 cm³/mol. The highest BCUT2D eigenvalue weighted by atomic mass is 19.3. The molecule has 2 amide bonds. The van der Waals surface area contributed by atoms with Gasteiger partial charge in [0, 0.05) is 17.8 Å². The molecule has 0 saturated heterocycles. The van der Waals surface area contributed by atoms with E-state index in [9.17, 15) is 23.5 Å². The Kier molecular flexibility index (Phi) is 4.70. The van der Waals surface area contributed by atoms with Crippen LogP contribution in [0, 0.1) is 6.92 Å². The lowest BCUT2D eigenvalue weighted by atomic mass is 9.75. The minimum atomic E-state index is -3.88. The van der Waals surface area contributed by atoms with Crippen LogP contribution in [0.4, 0.5) is 14.5 Å². The summed E-state index contributed by atoms with van der Waals surface area (Å²) in [5.41, 5.74) is -1.34. The molecule has 3 N–H and O–H groups in total. The van der Waals surface area contributed by atoms with Crippen molar-refractivity contribution in [1.29, 1.82) is 0 Å². The van der Waals surface area contributed by atoms with Crippen LogP contribution in [0.3, 0.4) is 0 Å². The molecular formula is C16H20F2N2O3. The van der Waals surface area contributed by atoms with Gasteiger partial charge in [-0.3, -0.25) is 9.59 Å². The molecule has 1 aliphatic rings. The molecule has 0 unspecified atom stereocenters. The van der Waals surface area contributed by atoms with E-state index in [0.29, 0.717) is 18.5 Å². The van der Waals surface area contributed by atoms with Crippen molar-refractivity contribution in [2.24, 2.45) is 0 Å². The van der Waals surface area contributed by atoms with E-state index >= 15 is 0 Å². The number of amides is 2. The monoisotopic (exact) mass is 326 g/mol. The van der Waals surface area contributed by atoms with Crippen molar-refractivity contribution in [3.05, 3.63) is 29.3 Å². The molecule has 5 nitrogen and oxygen atoms in total. The fourth-order valence-corrected chi connectivity index (χ4v) is 2.40. The van der Waals surface area contributed by atoms with E-state index in [1.54, 1.807) is 26.0 Å². The Balaban J connectivity index is 2.20. The van der Waals surface area contributed by atoms with Gasteiger partial charge >= 0.3 is 5.92 Å². The fraction of sp³-hybridized carbons (Fsp3) is 0.500. The molecular weight excluding hydrogens is 306 g/mol. The van der Waals surface area contributed by atoms with Crippen LogP contribution in [0.25, 0.3) is 0 Å². The van der Waals surface area contributed by atoms with Gasteiger partial charge < -0.3 is 15.7 Å². The number of nitrogens with one attached hydrogen (secondary N) is 2. The number of aliphatic hydroxyl groups is 1. The molecule has 0 bridgehead atoms. The third kappa shape index (κ3) is 3.19. The first-order valence-electron chi connectivity index (χ1n) is 7.52.